The summed E-state index contributed by atoms with van der Waals surface area (Å²) in [5, 5.41) is 23.0. The summed E-state index contributed by atoms with van der Waals surface area (Å²) in [6, 6.07) is 3.17. The number of piperidine rings is 1. The molecule has 1 aliphatic carbocycles. The maximum absolute atomic E-state index is 13.6. The third-order valence-electron chi connectivity index (χ3n) is 7.61. The lowest BCUT2D eigenvalue weighted by atomic mass is 9.96. The molecule has 0 spiro atoms. The fraction of sp³-hybridized carbons (Fsp3) is 0.615. The molecule has 13 nitrogen and oxygen atoms in total. The summed E-state index contributed by atoms with van der Waals surface area (Å²) in [5.41, 5.74) is 6.92. The minimum absolute atomic E-state index is 0.0159. The molecule has 0 radical (unpaired) electrons. The number of anilines is 1. The van der Waals surface area contributed by atoms with Gasteiger partial charge in [0.15, 0.2) is 5.96 Å². The number of sulfonamides is 1. The van der Waals surface area contributed by atoms with E-state index in [1.54, 1.807) is 11.0 Å². The molecule has 1 aromatic carbocycles. The van der Waals surface area contributed by atoms with Crippen LogP contribution in [0.25, 0.3) is 0 Å². The number of nitrogens with one attached hydrogen (secondary N) is 4. The van der Waals surface area contributed by atoms with Gasteiger partial charge in [-0.1, -0.05) is 19.1 Å². The molecule has 2 amide bonds. The second kappa shape index (κ2) is 12.4. The zero-order valence-corrected chi connectivity index (χ0v) is 23.5. The van der Waals surface area contributed by atoms with E-state index in [2.05, 4.69) is 22.3 Å². The van der Waals surface area contributed by atoms with E-state index in [9.17, 15) is 27.9 Å². The molecule has 0 bridgehead atoms. The van der Waals surface area contributed by atoms with E-state index in [4.69, 9.17) is 11.1 Å². The molecule has 1 saturated heterocycles. The van der Waals surface area contributed by atoms with Gasteiger partial charge in [-0.15, -0.1) is 0 Å². The molecule has 2 heterocycles. The molecule has 0 aromatic heterocycles. The van der Waals surface area contributed by atoms with Crippen LogP contribution in [-0.4, -0.2) is 91.9 Å². The van der Waals surface area contributed by atoms with Gasteiger partial charge in [-0.2, -0.15) is 4.72 Å². The summed E-state index contributed by atoms with van der Waals surface area (Å²) in [5.74, 6) is -2.14. The number of nitrogens with two attached hydrogens (primary N) is 1. The summed E-state index contributed by atoms with van der Waals surface area (Å²) < 4.78 is 29.7. The number of hydrogen-bond acceptors (Lipinski definition) is 7. The van der Waals surface area contributed by atoms with Crippen molar-refractivity contribution in [2.24, 2.45) is 17.6 Å². The third kappa shape index (κ3) is 7.42. The maximum Gasteiger partial charge on any atom is 0.323 e. The van der Waals surface area contributed by atoms with Crippen molar-refractivity contribution in [3.8, 4) is 0 Å². The Labute approximate surface area is 234 Å². The molecule has 4 rings (SSSR count). The first-order valence-electron chi connectivity index (χ1n) is 13.7. The normalized spacial score (nSPS) is 21.5. The number of aliphatic carboxylic acids is 1. The molecule has 3 aliphatic rings. The van der Waals surface area contributed by atoms with Crippen LogP contribution >= 0.6 is 0 Å². The number of benzene rings is 1. The monoisotopic (exact) mass is 577 g/mol. The standard InChI is InChI=1S/C26H39N7O6S/c1-16-10-18-5-2-6-21(24(18)30-12-16)40(38,39)31-20(25(37)33(15-23(35)36)19-7-8-19)11-22(34)29-13-17-4-3-9-32(14-17)26(27)28/h2,5-6,16-17,19-20,30-31H,3-4,7-15H2,1H3,(H3,27,28)(H,29,34)(H,35,36). The highest BCUT2D eigenvalue weighted by atomic mass is 32.2. The predicted molar refractivity (Wildman–Crippen MR) is 148 cm³/mol. The molecule has 3 atom stereocenters. The highest BCUT2D eigenvalue weighted by Crippen LogP contribution is 2.32. The van der Waals surface area contributed by atoms with E-state index >= 15 is 0 Å². The quantitative estimate of drug-likeness (QED) is 0.156. The maximum atomic E-state index is 13.6. The number of carbonyl (C=O) groups excluding carboxylic acids is 2. The Hall–Kier alpha value is -3.39. The highest BCUT2D eigenvalue weighted by Gasteiger charge is 2.40. The van der Waals surface area contributed by atoms with Gasteiger partial charge >= 0.3 is 5.97 Å². The number of amides is 2. The van der Waals surface area contributed by atoms with E-state index < -0.39 is 46.8 Å². The van der Waals surface area contributed by atoms with Crippen LogP contribution in [0.1, 0.15) is 44.6 Å². The van der Waals surface area contributed by atoms with Crippen LogP contribution in [0.2, 0.25) is 0 Å². The van der Waals surface area contributed by atoms with Crippen LogP contribution in [0.15, 0.2) is 23.1 Å². The average Bonchev–Trinajstić information content (AvgIpc) is 3.74. The molecule has 1 aromatic rings. The van der Waals surface area contributed by atoms with E-state index in [1.807, 2.05) is 6.07 Å². The molecule has 3 unspecified atom stereocenters. The minimum Gasteiger partial charge on any atom is -0.480 e. The lowest BCUT2D eigenvalue weighted by Crippen LogP contribution is -2.52. The number of carboxylic acid groups (broad SMARTS) is 1. The SMILES string of the molecule is CC1CNc2c(cccc2S(=O)(=O)NC(CC(=O)NCC2CCCN(C(=N)N)C2)C(=O)N(CC(=O)O)C2CC2)C1. The molecule has 7 N–H and O–H groups in total. The summed E-state index contributed by atoms with van der Waals surface area (Å²) >= 11 is 0. The van der Waals surface area contributed by atoms with Crippen LogP contribution in [0, 0.1) is 17.2 Å². The van der Waals surface area contributed by atoms with Gasteiger partial charge in [0.05, 0.1) is 12.1 Å². The van der Waals surface area contributed by atoms with Crippen LogP contribution < -0.4 is 21.1 Å². The minimum atomic E-state index is -4.26. The van der Waals surface area contributed by atoms with Crippen LogP contribution in [-0.2, 0) is 30.8 Å². The number of carbonyl (C=O) groups is 3. The fourth-order valence-corrected chi connectivity index (χ4v) is 6.83. The highest BCUT2D eigenvalue weighted by molar-refractivity contribution is 7.89. The molecular weight excluding hydrogens is 538 g/mol. The first-order chi connectivity index (χ1) is 18.9. The van der Waals surface area contributed by atoms with Gasteiger partial charge in [-0.25, -0.2) is 8.42 Å². The van der Waals surface area contributed by atoms with Gasteiger partial charge in [0.1, 0.15) is 17.5 Å². The second-order valence-electron chi connectivity index (χ2n) is 11.1. The summed E-state index contributed by atoms with van der Waals surface area (Å²) in [6.45, 7) is 3.56. The largest absolute Gasteiger partial charge is 0.480 e. The zero-order valence-electron chi connectivity index (χ0n) is 22.7. The Morgan fingerprint density at radius 2 is 2.02 bits per heavy atom. The van der Waals surface area contributed by atoms with E-state index in [0.29, 0.717) is 50.5 Å². The number of para-hydroxylation sites is 1. The number of fused-ring (bicyclic) bond motifs is 1. The van der Waals surface area contributed by atoms with Gasteiger partial charge < -0.3 is 31.3 Å². The first-order valence-corrected chi connectivity index (χ1v) is 15.2. The van der Waals surface area contributed by atoms with E-state index in [1.165, 1.54) is 6.07 Å². The van der Waals surface area contributed by atoms with Crippen molar-refractivity contribution < 1.29 is 27.9 Å². The number of guanidine groups is 1. The van der Waals surface area contributed by atoms with Gasteiger partial charge in [0.2, 0.25) is 21.8 Å². The van der Waals surface area contributed by atoms with Crippen molar-refractivity contribution in [3.05, 3.63) is 23.8 Å². The summed E-state index contributed by atoms with van der Waals surface area (Å²) in [6.07, 6.45) is 3.11. The molecule has 40 heavy (non-hydrogen) atoms. The van der Waals surface area contributed by atoms with Crippen molar-refractivity contribution in [1.29, 1.82) is 5.41 Å². The molecule has 1 saturated carbocycles. The fourth-order valence-electron chi connectivity index (χ4n) is 5.41. The Kier molecular flexibility index (Phi) is 9.19. The Balaban J connectivity index is 1.52. The van der Waals surface area contributed by atoms with Crippen LogP contribution in [0.4, 0.5) is 5.69 Å². The summed E-state index contributed by atoms with van der Waals surface area (Å²) in [4.78, 5) is 40.9. The first kappa shape index (κ1) is 29.6. The van der Waals surface area contributed by atoms with Crippen molar-refractivity contribution in [2.75, 3.05) is 38.0 Å². The number of rotatable bonds is 11. The van der Waals surface area contributed by atoms with Gasteiger partial charge in [-0.3, -0.25) is 19.8 Å². The Bertz CT molecular complexity index is 1250. The zero-order chi connectivity index (χ0) is 29.0. The molecule has 2 fully saturated rings. The lowest BCUT2D eigenvalue weighted by Gasteiger charge is -2.33. The molecule has 220 valence electrons. The second-order valence-corrected chi connectivity index (χ2v) is 12.8. The van der Waals surface area contributed by atoms with Crippen molar-refractivity contribution in [1.82, 2.24) is 19.8 Å². The number of hydrogen-bond donors (Lipinski definition) is 6. The Morgan fingerprint density at radius 1 is 1.27 bits per heavy atom. The molecule has 2 aliphatic heterocycles. The van der Waals surface area contributed by atoms with Gasteiger partial charge in [-0.05, 0) is 55.6 Å². The van der Waals surface area contributed by atoms with Crippen molar-refractivity contribution >= 4 is 39.5 Å². The Morgan fingerprint density at radius 3 is 2.70 bits per heavy atom. The van der Waals surface area contributed by atoms with Gasteiger partial charge in [0.25, 0.3) is 0 Å². The average molecular weight is 578 g/mol. The topological polar surface area (TPSA) is 198 Å². The number of likely N-dealkylation sites (tertiary alicyclic amines) is 1. The summed E-state index contributed by atoms with van der Waals surface area (Å²) in [7, 11) is -4.26. The molecular formula is C26H39N7O6S. The number of carboxylic acids is 1. The van der Waals surface area contributed by atoms with Crippen molar-refractivity contribution in [3.63, 3.8) is 0 Å². The van der Waals surface area contributed by atoms with Crippen molar-refractivity contribution in [2.45, 2.75) is 62.4 Å². The van der Waals surface area contributed by atoms with Crippen LogP contribution in [0.3, 0.4) is 0 Å². The lowest BCUT2D eigenvalue weighted by molar-refractivity contribution is -0.146. The van der Waals surface area contributed by atoms with E-state index in [-0.39, 0.29) is 29.4 Å². The number of nitrogens with zero attached hydrogens (tertiary/aromatic N) is 2. The van der Waals surface area contributed by atoms with Gasteiger partial charge in [0, 0.05) is 32.2 Å². The van der Waals surface area contributed by atoms with Crippen LogP contribution in [0.5, 0.6) is 0 Å². The molecule has 14 heteroatoms. The smallest absolute Gasteiger partial charge is 0.323 e. The van der Waals surface area contributed by atoms with E-state index in [0.717, 1.165) is 23.3 Å². The third-order valence-corrected chi connectivity index (χ3v) is 9.12. The predicted octanol–water partition coefficient (Wildman–Crippen LogP) is 0.125.